The zero-order valence-electron chi connectivity index (χ0n) is 10.9. The third-order valence-corrected chi connectivity index (χ3v) is 4.35. The molecule has 0 bridgehead atoms. The van der Waals surface area contributed by atoms with E-state index in [4.69, 9.17) is 17.3 Å². The Bertz CT molecular complexity index is 720. The molecule has 0 fully saturated rings. The molecule has 3 nitrogen and oxygen atoms in total. The van der Waals surface area contributed by atoms with Crippen LogP contribution in [0.15, 0.2) is 51.9 Å². The van der Waals surface area contributed by atoms with Crippen LogP contribution in [0.2, 0.25) is 5.02 Å². The van der Waals surface area contributed by atoms with Crippen molar-refractivity contribution in [2.24, 2.45) is 10.7 Å². The van der Waals surface area contributed by atoms with Crippen LogP contribution in [0, 0.1) is 5.82 Å². The molecule has 0 amide bonds. The fourth-order valence-corrected chi connectivity index (χ4v) is 3.03. The lowest BCUT2D eigenvalue weighted by Gasteiger charge is -2.27. The Labute approximate surface area is 135 Å². The molecule has 0 saturated heterocycles. The van der Waals surface area contributed by atoms with Crippen LogP contribution < -0.4 is 10.6 Å². The summed E-state index contributed by atoms with van der Waals surface area (Å²) < 4.78 is 13.8. The predicted molar refractivity (Wildman–Crippen MR) is 87.3 cm³/mol. The Morgan fingerprint density at radius 3 is 2.76 bits per heavy atom. The Hall–Kier alpha value is -1.59. The van der Waals surface area contributed by atoms with E-state index in [2.05, 4.69) is 20.9 Å². The van der Waals surface area contributed by atoms with Gasteiger partial charge in [0, 0.05) is 0 Å². The zero-order valence-corrected chi connectivity index (χ0v) is 13.3. The fraction of sp³-hybridized carbons (Fsp3) is 0.133. The molecule has 2 aromatic rings. The van der Waals surface area contributed by atoms with E-state index in [9.17, 15) is 4.39 Å². The van der Waals surface area contributed by atoms with Crippen LogP contribution in [0.4, 0.5) is 10.1 Å². The van der Waals surface area contributed by atoms with Gasteiger partial charge in [-0.15, -0.1) is 0 Å². The molecule has 0 radical (unpaired) electrons. The molecular formula is C15H12BrClFN3. The molecule has 1 atom stereocenters. The summed E-state index contributed by atoms with van der Waals surface area (Å²) in [4.78, 5) is 6.17. The number of nitrogens with zero attached hydrogens (tertiary/aromatic N) is 2. The summed E-state index contributed by atoms with van der Waals surface area (Å²) in [6.45, 7) is 0.509. The van der Waals surface area contributed by atoms with Crippen LogP contribution >= 0.6 is 27.5 Å². The first-order valence-electron chi connectivity index (χ1n) is 6.36. The van der Waals surface area contributed by atoms with Crippen molar-refractivity contribution in [1.82, 2.24) is 0 Å². The number of para-hydroxylation sites is 1. The molecule has 0 saturated carbocycles. The van der Waals surface area contributed by atoms with E-state index < -0.39 is 0 Å². The van der Waals surface area contributed by atoms with Gasteiger partial charge in [0.25, 0.3) is 0 Å². The molecular weight excluding hydrogens is 357 g/mol. The second kappa shape index (κ2) is 5.66. The third kappa shape index (κ3) is 2.63. The Morgan fingerprint density at radius 1 is 1.29 bits per heavy atom. The molecule has 3 rings (SSSR count). The lowest BCUT2D eigenvalue weighted by atomic mass is 10.1. The fourth-order valence-electron chi connectivity index (χ4n) is 2.41. The van der Waals surface area contributed by atoms with Gasteiger partial charge in [0.05, 0.1) is 27.8 Å². The maximum Gasteiger partial charge on any atom is 0.196 e. The number of aliphatic imine (C=N–C) groups is 1. The molecule has 0 aliphatic carbocycles. The van der Waals surface area contributed by atoms with Crippen molar-refractivity contribution in [2.45, 2.75) is 6.04 Å². The van der Waals surface area contributed by atoms with Crippen LogP contribution in [0.3, 0.4) is 0 Å². The van der Waals surface area contributed by atoms with Crippen LogP contribution in [0.25, 0.3) is 0 Å². The largest absolute Gasteiger partial charge is 0.369 e. The van der Waals surface area contributed by atoms with E-state index in [1.165, 1.54) is 6.07 Å². The first-order valence-corrected chi connectivity index (χ1v) is 7.53. The number of hydrogen-bond acceptors (Lipinski definition) is 3. The van der Waals surface area contributed by atoms with E-state index in [1.54, 1.807) is 18.2 Å². The Kier molecular flexibility index (Phi) is 3.87. The summed E-state index contributed by atoms with van der Waals surface area (Å²) in [5, 5.41) is 0.601. The van der Waals surface area contributed by atoms with Crippen molar-refractivity contribution < 1.29 is 4.39 Å². The molecule has 2 aromatic carbocycles. The van der Waals surface area contributed by atoms with Crippen molar-refractivity contribution >= 4 is 39.2 Å². The number of anilines is 1. The van der Waals surface area contributed by atoms with Gasteiger partial charge in [-0.25, -0.2) is 4.39 Å². The van der Waals surface area contributed by atoms with Crippen LogP contribution in [-0.2, 0) is 0 Å². The first-order chi connectivity index (χ1) is 10.1. The molecule has 0 aromatic heterocycles. The number of halogens is 3. The number of benzene rings is 2. The van der Waals surface area contributed by atoms with Crippen molar-refractivity contribution in [3.8, 4) is 0 Å². The van der Waals surface area contributed by atoms with Gasteiger partial charge in [-0.05, 0) is 45.8 Å². The summed E-state index contributed by atoms with van der Waals surface area (Å²) in [5.41, 5.74) is 7.73. The maximum atomic E-state index is 13.4. The average molecular weight is 369 g/mol. The van der Waals surface area contributed by atoms with Crippen LogP contribution in [0.5, 0.6) is 0 Å². The maximum absolute atomic E-state index is 13.4. The molecule has 0 spiro atoms. The highest BCUT2D eigenvalue weighted by Gasteiger charge is 2.30. The summed E-state index contributed by atoms with van der Waals surface area (Å²) in [6.07, 6.45) is 0. The van der Waals surface area contributed by atoms with Crippen molar-refractivity contribution in [1.29, 1.82) is 0 Å². The summed E-state index contributed by atoms with van der Waals surface area (Å²) in [6, 6.07) is 12.3. The summed E-state index contributed by atoms with van der Waals surface area (Å²) in [7, 11) is 0. The minimum Gasteiger partial charge on any atom is -0.369 e. The minimum atomic E-state index is -0.296. The highest BCUT2D eigenvalue weighted by molar-refractivity contribution is 9.10. The molecule has 1 unspecified atom stereocenters. The highest BCUT2D eigenvalue weighted by Crippen LogP contribution is 2.36. The van der Waals surface area contributed by atoms with Gasteiger partial charge in [-0.3, -0.25) is 4.99 Å². The smallest absolute Gasteiger partial charge is 0.196 e. The second-order valence-electron chi connectivity index (χ2n) is 4.71. The van der Waals surface area contributed by atoms with Gasteiger partial charge in [0.15, 0.2) is 5.96 Å². The molecule has 1 aliphatic heterocycles. The van der Waals surface area contributed by atoms with Gasteiger partial charge in [0.1, 0.15) is 5.82 Å². The van der Waals surface area contributed by atoms with Gasteiger partial charge >= 0.3 is 0 Å². The topological polar surface area (TPSA) is 41.6 Å². The molecule has 1 aliphatic rings. The van der Waals surface area contributed by atoms with Gasteiger partial charge in [-0.1, -0.05) is 29.8 Å². The standard InChI is InChI=1S/C15H12BrClFN3/c16-10-7-9(5-6-12(10)18)14-8-20-15(19)21(14)13-4-2-1-3-11(13)17/h1-7,14H,8H2,(H2,19,20). The van der Waals surface area contributed by atoms with E-state index in [-0.39, 0.29) is 11.9 Å². The Morgan fingerprint density at radius 2 is 2.05 bits per heavy atom. The monoisotopic (exact) mass is 367 g/mol. The van der Waals surface area contributed by atoms with E-state index in [1.807, 2.05) is 23.1 Å². The van der Waals surface area contributed by atoms with Crippen LogP contribution in [-0.4, -0.2) is 12.5 Å². The normalized spacial score (nSPS) is 18.0. The molecule has 6 heteroatoms. The van der Waals surface area contributed by atoms with Gasteiger partial charge < -0.3 is 10.6 Å². The van der Waals surface area contributed by atoms with Crippen LogP contribution in [0.1, 0.15) is 11.6 Å². The SMILES string of the molecule is NC1=NCC(c2ccc(F)c(Br)c2)N1c1ccccc1Cl. The number of nitrogens with two attached hydrogens (primary N) is 1. The summed E-state index contributed by atoms with van der Waals surface area (Å²) in [5.74, 6) is 0.114. The second-order valence-corrected chi connectivity index (χ2v) is 5.97. The minimum absolute atomic E-state index is 0.0956. The third-order valence-electron chi connectivity index (χ3n) is 3.43. The van der Waals surface area contributed by atoms with Crippen molar-refractivity contribution in [3.05, 3.63) is 63.3 Å². The van der Waals surface area contributed by atoms with E-state index in [0.29, 0.717) is 22.0 Å². The van der Waals surface area contributed by atoms with Crippen molar-refractivity contribution in [2.75, 3.05) is 11.4 Å². The molecule has 21 heavy (non-hydrogen) atoms. The molecule has 108 valence electrons. The first kappa shape index (κ1) is 14.4. The summed E-state index contributed by atoms with van der Waals surface area (Å²) >= 11 is 9.47. The van der Waals surface area contributed by atoms with E-state index in [0.717, 1.165) is 11.3 Å². The van der Waals surface area contributed by atoms with Crippen molar-refractivity contribution in [3.63, 3.8) is 0 Å². The average Bonchev–Trinajstić information content (AvgIpc) is 2.84. The number of rotatable bonds is 2. The lowest BCUT2D eigenvalue weighted by Crippen LogP contribution is -2.36. The Balaban J connectivity index is 2.03. The quantitative estimate of drug-likeness (QED) is 0.866. The number of guanidine groups is 1. The van der Waals surface area contributed by atoms with Gasteiger partial charge in [0.2, 0.25) is 0 Å². The molecule has 2 N–H and O–H groups in total. The molecule has 1 heterocycles. The number of hydrogen-bond donors (Lipinski definition) is 1. The van der Waals surface area contributed by atoms with E-state index >= 15 is 0 Å². The highest BCUT2D eigenvalue weighted by atomic mass is 79.9. The van der Waals surface area contributed by atoms with Gasteiger partial charge in [-0.2, -0.15) is 0 Å². The predicted octanol–water partition coefficient (Wildman–Crippen LogP) is 4.12. The zero-order chi connectivity index (χ0) is 15.0. The lowest BCUT2D eigenvalue weighted by molar-refractivity contribution is 0.618.